The van der Waals surface area contributed by atoms with E-state index in [1.807, 2.05) is 30.5 Å². The molecule has 1 fully saturated rings. The van der Waals surface area contributed by atoms with Gasteiger partial charge in [0.25, 0.3) is 5.91 Å². The summed E-state index contributed by atoms with van der Waals surface area (Å²) in [5, 5.41) is 4.70. The summed E-state index contributed by atoms with van der Waals surface area (Å²) in [7, 11) is 1.93. The topological polar surface area (TPSA) is 51.3 Å². The molecule has 0 saturated carbocycles. The van der Waals surface area contributed by atoms with Gasteiger partial charge in [0.1, 0.15) is 0 Å². The molecule has 2 aromatic rings. The zero-order valence-electron chi connectivity index (χ0n) is 12.4. The van der Waals surface area contributed by atoms with Gasteiger partial charge in [-0.25, -0.2) is 0 Å². The predicted octanol–water partition coefficient (Wildman–Crippen LogP) is 3.26. The van der Waals surface area contributed by atoms with Crippen LogP contribution in [0.5, 0.6) is 0 Å². The summed E-state index contributed by atoms with van der Waals surface area (Å²) in [5.74, 6) is 0.193. The van der Waals surface area contributed by atoms with Gasteiger partial charge >= 0.3 is 0 Å². The van der Waals surface area contributed by atoms with Crippen LogP contribution < -0.4 is 0 Å². The standard InChI is InChI=1S/C15H18ClN3O2/c1-9-14(10(2)18(3)17-9)11-5-4-8-19(11)15(20)12-6-7-13(16)21-12/h6-7,11H,4-5,8H2,1-3H3. The second kappa shape index (κ2) is 5.22. The van der Waals surface area contributed by atoms with Gasteiger partial charge in [0.15, 0.2) is 11.0 Å². The molecule has 1 amide bonds. The van der Waals surface area contributed by atoms with Gasteiger partial charge in [-0.1, -0.05) is 0 Å². The molecular weight excluding hydrogens is 290 g/mol. The van der Waals surface area contributed by atoms with Crippen LogP contribution in [0, 0.1) is 13.8 Å². The maximum absolute atomic E-state index is 12.6. The van der Waals surface area contributed by atoms with Crippen LogP contribution in [0.25, 0.3) is 0 Å². The second-order valence-corrected chi connectivity index (χ2v) is 5.84. The van der Waals surface area contributed by atoms with E-state index >= 15 is 0 Å². The van der Waals surface area contributed by atoms with Crippen molar-refractivity contribution in [2.24, 2.45) is 7.05 Å². The van der Waals surface area contributed by atoms with Crippen molar-refractivity contribution < 1.29 is 9.21 Å². The Hall–Kier alpha value is -1.75. The number of furan rings is 1. The predicted molar refractivity (Wildman–Crippen MR) is 79.4 cm³/mol. The van der Waals surface area contributed by atoms with Gasteiger partial charge in [0.05, 0.1) is 11.7 Å². The summed E-state index contributed by atoms with van der Waals surface area (Å²) in [4.78, 5) is 14.5. The number of nitrogens with zero attached hydrogens (tertiary/aromatic N) is 3. The Labute approximate surface area is 128 Å². The third-order valence-corrected chi connectivity index (χ3v) is 4.40. The van der Waals surface area contributed by atoms with Crippen molar-refractivity contribution in [1.29, 1.82) is 0 Å². The molecule has 0 radical (unpaired) electrons. The van der Waals surface area contributed by atoms with Gasteiger partial charge < -0.3 is 9.32 Å². The van der Waals surface area contributed by atoms with Crippen molar-refractivity contribution in [3.05, 3.63) is 40.1 Å². The molecule has 112 valence electrons. The van der Waals surface area contributed by atoms with Crippen molar-refractivity contribution in [3.8, 4) is 0 Å². The molecule has 1 aliphatic rings. The minimum atomic E-state index is -0.105. The number of hydrogen-bond donors (Lipinski definition) is 0. The minimum Gasteiger partial charge on any atom is -0.440 e. The highest BCUT2D eigenvalue weighted by atomic mass is 35.5. The highest BCUT2D eigenvalue weighted by molar-refractivity contribution is 6.29. The Balaban J connectivity index is 1.94. The first-order valence-electron chi connectivity index (χ1n) is 7.05. The summed E-state index contributed by atoms with van der Waals surface area (Å²) in [6.45, 7) is 4.77. The fourth-order valence-corrected chi connectivity index (χ4v) is 3.30. The lowest BCUT2D eigenvalue weighted by Gasteiger charge is -2.24. The molecule has 6 heteroatoms. The van der Waals surface area contributed by atoms with Gasteiger partial charge in [0, 0.05) is 24.8 Å². The Bertz CT molecular complexity index is 689. The quantitative estimate of drug-likeness (QED) is 0.855. The average molecular weight is 308 g/mol. The van der Waals surface area contributed by atoms with Crippen molar-refractivity contribution in [2.75, 3.05) is 6.54 Å². The van der Waals surface area contributed by atoms with E-state index in [4.69, 9.17) is 16.0 Å². The van der Waals surface area contributed by atoms with E-state index in [1.165, 1.54) is 0 Å². The first kappa shape index (κ1) is 14.2. The molecule has 0 aromatic carbocycles. The van der Waals surface area contributed by atoms with E-state index in [0.717, 1.165) is 36.3 Å². The first-order valence-corrected chi connectivity index (χ1v) is 7.43. The zero-order chi connectivity index (χ0) is 15.1. The molecule has 3 rings (SSSR count). The number of likely N-dealkylation sites (tertiary alicyclic amines) is 1. The Kier molecular flexibility index (Phi) is 3.53. The molecule has 2 aromatic heterocycles. The van der Waals surface area contributed by atoms with Crippen LogP contribution in [-0.2, 0) is 7.05 Å². The maximum atomic E-state index is 12.6. The van der Waals surface area contributed by atoms with Crippen LogP contribution >= 0.6 is 11.6 Å². The third-order valence-electron chi connectivity index (χ3n) is 4.20. The largest absolute Gasteiger partial charge is 0.440 e. The molecule has 0 bridgehead atoms. The Morgan fingerprint density at radius 2 is 2.19 bits per heavy atom. The highest BCUT2D eigenvalue weighted by Gasteiger charge is 2.35. The molecule has 1 atom stereocenters. The van der Waals surface area contributed by atoms with Gasteiger partial charge in [-0.05, 0) is 50.4 Å². The number of halogens is 1. The van der Waals surface area contributed by atoms with E-state index in [1.54, 1.807) is 12.1 Å². The normalized spacial score (nSPS) is 18.5. The molecular formula is C15H18ClN3O2. The molecule has 1 unspecified atom stereocenters. The van der Waals surface area contributed by atoms with E-state index in [0.29, 0.717) is 5.76 Å². The lowest BCUT2D eigenvalue weighted by Crippen LogP contribution is -2.30. The number of rotatable bonds is 2. The highest BCUT2D eigenvalue weighted by Crippen LogP contribution is 2.36. The van der Waals surface area contributed by atoms with Crippen LogP contribution in [0.15, 0.2) is 16.5 Å². The van der Waals surface area contributed by atoms with E-state index < -0.39 is 0 Å². The molecule has 0 aliphatic carbocycles. The summed E-state index contributed by atoms with van der Waals surface area (Å²) >= 11 is 5.77. The fraction of sp³-hybridized carbons (Fsp3) is 0.467. The van der Waals surface area contributed by atoms with Crippen molar-refractivity contribution >= 4 is 17.5 Å². The number of aromatic nitrogens is 2. The SMILES string of the molecule is Cc1nn(C)c(C)c1C1CCCN1C(=O)c1ccc(Cl)o1. The van der Waals surface area contributed by atoms with Crippen LogP contribution in [0.4, 0.5) is 0 Å². The average Bonchev–Trinajstić information content (AvgIpc) is 3.11. The number of amides is 1. The van der Waals surface area contributed by atoms with Gasteiger partial charge in [0.2, 0.25) is 0 Å². The van der Waals surface area contributed by atoms with Gasteiger partial charge in [-0.15, -0.1) is 0 Å². The van der Waals surface area contributed by atoms with Crippen LogP contribution in [0.1, 0.15) is 46.4 Å². The fourth-order valence-electron chi connectivity index (χ4n) is 3.15. The van der Waals surface area contributed by atoms with Crippen molar-refractivity contribution in [2.45, 2.75) is 32.7 Å². The zero-order valence-corrected chi connectivity index (χ0v) is 13.1. The van der Waals surface area contributed by atoms with E-state index in [9.17, 15) is 4.79 Å². The van der Waals surface area contributed by atoms with Gasteiger partial charge in [-0.3, -0.25) is 9.48 Å². The first-order chi connectivity index (χ1) is 9.99. The molecule has 5 nitrogen and oxygen atoms in total. The number of carbonyl (C=O) groups is 1. The summed E-state index contributed by atoms with van der Waals surface area (Å²) < 4.78 is 7.13. The molecule has 21 heavy (non-hydrogen) atoms. The van der Waals surface area contributed by atoms with Gasteiger partial charge in [-0.2, -0.15) is 5.10 Å². The second-order valence-electron chi connectivity index (χ2n) is 5.47. The summed E-state index contributed by atoms with van der Waals surface area (Å²) in [6.07, 6.45) is 1.94. The Morgan fingerprint density at radius 1 is 1.43 bits per heavy atom. The van der Waals surface area contributed by atoms with E-state index in [-0.39, 0.29) is 17.2 Å². The molecule has 1 aliphatic heterocycles. The molecule has 1 saturated heterocycles. The summed E-state index contributed by atoms with van der Waals surface area (Å²) in [6, 6.07) is 3.29. The number of aryl methyl sites for hydroxylation is 2. The molecule has 0 N–H and O–H groups in total. The lowest BCUT2D eigenvalue weighted by molar-refractivity contribution is 0.0702. The summed E-state index contributed by atoms with van der Waals surface area (Å²) in [5.41, 5.74) is 3.24. The van der Waals surface area contributed by atoms with Crippen LogP contribution in [0.3, 0.4) is 0 Å². The van der Waals surface area contributed by atoms with Crippen molar-refractivity contribution in [3.63, 3.8) is 0 Å². The van der Waals surface area contributed by atoms with Crippen molar-refractivity contribution in [1.82, 2.24) is 14.7 Å². The smallest absolute Gasteiger partial charge is 0.290 e. The Morgan fingerprint density at radius 3 is 2.76 bits per heavy atom. The van der Waals surface area contributed by atoms with Crippen LogP contribution in [0.2, 0.25) is 5.22 Å². The third kappa shape index (κ3) is 2.35. The minimum absolute atomic E-state index is 0.0649. The maximum Gasteiger partial charge on any atom is 0.290 e. The van der Waals surface area contributed by atoms with Crippen LogP contribution in [-0.4, -0.2) is 27.1 Å². The molecule has 3 heterocycles. The van der Waals surface area contributed by atoms with E-state index in [2.05, 4.69) is 5.10 Å². The lowest BCUT2D eigenvalue weighted by atomic mass is 10.0. The monoisotopic (exact) mass is 307 g/mol. The number of carbonyl (C=O) groups excluding carboxylic acids is 1. The molecule has 0 spiro atoms. The number of hydrogen-bond acceptors (Lipinski definition) is 3.